The number of rotatable bonds is 9. The Balaban J connectivity index is 1.51. The lowest BCUT2D eigenvalue weighted by Gasteiger charge is -2.38. The van der Waals surface area contributed by atoms with Crippen LogP contribution in [0.5, 0.6) is 5.75 Å². The highest BCUT2D eigenvalue weighted by Gasteiger charge is 2.33. The van der Waals surface area contributed by atoms with Gasteiger partial charge in [-0.2, -0.15) is 0 Å². The van der Waals surface area contributed by atoms with Crippen molar-refractivity contribution < 1.29 is 18.7 Å². The van der Waals surface area contributed by atoms with Gasteiger partial charge < -0.3 is 19.9 Å². The molecular formula is C29H38FN3O3. The summed E-state index contributed by atoms with van der Waals surface area (Å²) in [6, 6.07) is 11.8. The summed E-state index contributed by atoms with van der Waals surface area (Å²) in [7, 11) is 0. The van der Waals surface area contributed by atoms with Crippen molar-refractivity contribution in [2.75, 3.05) is 32.7 Å². The number of hydrogen-bond donors (Lipinski definition) is 1. The van der Waals surface area contributed by atoms with Gasteiger partial charge in [-0.15, -0.1) is 0 Å². The van der Waals surface area contributed by atoms with Crippen molar-refractivity contribution in [2.24, 2.45) is 5.92 Å². The molecule has 0 radical (unpaired) electrons. The van der Waals surface area contributed by atoms with E-state index in [9.17, 15) is 14.0 Å². The molecule has 2 heterocycles. The Kier molecular flexibility index (Phi) is 8.62. The first-order valence-electron chi connectivity index (χ1n) is 13.2. The molecule has 0 unspecified atom stereocenters. The van der Waals surface area contributed by atoms with E-state index in [0.29, 0.717) is 25.3 Å². The zero-order chi connectivity index (χ0) is 25.7. The van der Waals surface area contributed by atoms with Gasteiger partial charge in [-0.05, 0) is 86.1 Å². The van der Waals surface area contributed by atoms with Crippen molar-refractivity contribution in [1.82, 2.24) is 15.1 Å². The average molecular weight is 496 g/mol. The molecule has 0 saturated carbocycles. The molecule has 2 aliphatic rings. The lowest BCUT2D eigenvalue weighted by atomic mass is 9.87. The van der Waals surface area contributed by atoms with Crippen LogP contribution in [0.2, 0.25) is 0 Å². The number of fused-ring (bicyclic) bond motifs is 1. The molecule has 2 amide bonds. The first kappa shape index (κ1) is 26.1. The third-order valence-electron chi connectivity index (χ3n) is 7.02. The van der Waals surface area contributed by atoms with E-state index in [4.69, 9.17) is 4.74 Å². The number of carbonyl (C=O) groups is 2. The SMILES string of the molecule is CC(C)CC(=O)N1CCc2ccc(O[C@@H](C)C(=O)NCCN3CCCC3)cc2[C@@H]1c1cccc(F)c1. The molecule has 6 nitrogen and oxygen atoms in total. The molecule has 2 atom stereocenters. The number of hydrogen-bond acceptors (Lipinski definition) is 4. The van der Waals surface area contributed by atoms with Gasteiger partial charge in [0.2, 0.25) is 5.91 Å². The predicted molar refractivity (Wildman–Crippen MR) is 138 cm³/mol. The fraction of sp³-hybridized carbons (Fsp3) is 0.517. The molecule has 4 rings (SSSR count). The third kappa shape index (κ3) is 6.44. The van der Waals surface area contributed by atoms with Crippen LogP contribution < -0.4 is 10.1 Å². The summed E-state index contributed by atoms with van der Waals surface area (Å²) >= 11 is 0. The minimum absolute atomic E-state index is 0.0574. The number of nitrogens with zero attached hydrogens (tertiary/aromatic N) is 2. The number of ether oxygens (including phenoxy) is 1. The van der Waals surface area contributed by atoms with Gasteiger partial charge in [-0.3, -0.25) is 9.59 Å². The minimum atomic E-state index is -0.656. The molecule has 0 aromatic heterocycles. The van der Waals surface area contributed by atoms with E-state index >= 15 is 0 Å². The van der Waals surface area contributed by atoms with Crippen LogP contribution in [-0.4, -0.2) is 60.4 Å². The van der Waals surface area contributed by atoms with E-state index < -0.39 is 12.1 Å². The van der Waals surface area contributed by atoms with Crippen LogP contribution in [0.15, 0.2) is 42.5 Å². The lowest BCUT2D eigenvalue weighted by molar-refractivity contribution is -0.134. The second kappa shape index (κ2) is 11.9. The second-order valence-corrected chi connectivity index (χ2v) is 10.4. The van der Waals surface area contributed by atoms with Crippen molar-refractivity contribution in [3.05, 3.63) is 65.0 Å². The van der Waals surface area contributed by atoms with Crippen molar-refractivity contribution in [1.29, 1.82) is 0 Å². The van der Waals surface area contributed by atoms with Gasteiger partial charge in [0.05, 0.1) is 6.04 Å². The highest BCUT2D eigenvalue weighted by atomic mass is 19.1. The Hall–Kier alpha value is -2.93. The van der Waals surface area contributed by atoms with Gasteiger partial charge in [-0.1, -0.05) is 32.0 Å². The van der Waals surface area contributed by atoms with Crippen LogP contribution in [0.25, 0.3) is 0 Å². The largest absolute Gasteiger partial charge is 0.481 e. The molecule has 0 spiro atoms. The van der Waals surface area contributed by atoms with Gasteiger partial charge in [-0.25, -0.2) is 4.39 Å². The predicted octanol–water partition coefficient (Wildman–Crippen LogP) is 4.33. The lowest BCUT2D eigenvalue weighted by Crippen LogP contribution is -2.41. The number of benzene rings is 2. The van der Waals surface area contributed by atoms with Crippen LogP contribution in [0.4, 0.5) is 4.39 Å². The van der Waals surface area contributed by atoms with Crippen molar-refractivity contribution in [3.8, 4) is 5.75 Å². The molecule has 1 fully saturated rings. The molecule has 2 aliphatic heterocycles. The first-order chi connectivity index (χ1) is 17.3. The summed E-state index contributed by atoms with van der Waals surface area (Å²) < 4.78 is 20.2. The summed E-state index contributed by atoms with van der Waals surface area (Å²) in [5.41, 5.74) is 2.76. The molecule has 36 heavy (non-hydrogen) atoms. The van der Waals surface area contributed by atoms with Crippen molar-refractivity contribution in [3.63, 3.8) is 0 Å². The maximum atomic E-state index is 14.2. The molecule has 7 heteroatoms. The maximum Gasteiger partial charge on any atom is 0.260 e. The first-order valence-corrected chi connectivity index (χ1v) is 13.2. The Morgan fingerprint density at radius 2 is 1.86 bits per heavy atom. The zero-order valence-corrected chi connectivity index (χ0v) is 21.6. The van der Waals surface area contributed by atoms with Gasteiger partial charge in [0.1, 0.15) is 11.6 Å². The summed E-state index contributed by atoms with van der Waals surface area (Å²) in [6.45, 7) is 10.0. The summed E-state index contributed by atoms with van der Waals surface area (Å²) in [5, 5.41) is 2.97. The Labute approximate surface area is 213 Å². The number of halogens is 1. The van der Waals surface area contributed by atoms with Crippen LogP contribution in [-0.2, 0) is 16.0 Å². The van der Waals surface area contributed by atoms with Crippen molar-refractivity contribution in [2.45, 2.75) is 58.6 Å². The quantitative estimate of drug-likeness (QED) is 0.563. The smallest absolute Gasteiger partial charge is 0.260 e. The standard InChI is InChI=1S/C29H38FN3O3/c1-20(2)17-27(34)33-15-11-22-9-10-25(19-26(22)28(33)23-7-6-8-24(30)18-23)36-21(3)29(35)31-12-16-32-13-4-5-14-32/h6-10,18-21,28H,4-5,11-17H2,1-3H3,(H,31,35)/t21-,28-/m0/s1. The number of amides is 2. The fourth-order valence-electron chi connectivity index (χ4n) is 5.18. The fourth-order valence-corrected chi connectivity index (χ4v) is 5.18. The van der Waals surface area contributed by atoms with Crippen LogP contribution in [0, 0.1) is 11.7 Å². The number of carbonyl (C=O) groups excluding carboxylic acids is 2. The minimum Gasteiger partial charge on any atom is -0.481 e. The van der Waals surface area contributed by atoms with Gasteiger partial charge in [0, 0.05) is 26.1 Å². The second-order valence-electron chi connectivity index (χ2n) is 10.4. The summed E-state index contributed by atoms with van der Waals surface area (Å²) in [4.78, 5) is 30.0. The average Bonchev–Trinajstić information content (AvgIpc) is 3.36. The molecule has 1 N–H and O–H groups in total. The highest BCUT2D eigenvalue weighted by molar-refractivity contribution is 5.80. The van der Waals surface area contributed by atoms with Crippen LogP contribution >= 0.6 is 0 Å². The molecule has 0 bridgehead atoms. The van der Waals surface area contributed by atoms with E-state index in [1.165, 1.54) is 25.0 Å². The normalized spacial score (nSPS) is 18.7. The van der Waals surface area contributed by atoms with E-state index in [0.717, 1.165) is 42.7 Å². The van der Waals surface area contributed by atoms with Gasteiger partial charge in [0.25, 0.3) is 5.91 Å². The van der Waals surface area contributed by atoms with E-state index in [-0.39, 0.29) is 23.5 Å². The van der Waals surface area contributed by atoms with Gasteiger partial charge >= 0.3 is 0 Å². The molecule has 0 aliphatic carbocycles. The monoisotopic (exact) mass is 495 g/mol. The number of likely N-dealkylation sites (tertiary alicyclic amines) is 1. The molecular weight excluding hydrogens is 457 g/mol. The Bertz CT molecular complexity index is 1070. The summed E-state index contributed by atoms with van der Waals surface area (Å²) in [6.07, 6.45) is 2.95. The molecule has 1 saturated heterocycles. The molecule has 194 valence electrons. The Morgan fingerprint density at radius 3 is 2.58 bits per heavy atom. The van der Waals surface area contributed by atoms with Crippen LogP contribution in [0.1, 0.15) is 62.8 Å². The maximum absolute atomic E-state index is 14.2. The van der Waals surface area contributed by atoms with E-state index in [1.54, 1.807) is 13.0 Å². The van der Waals surface area contributed by atoms with Crippen molar-refractivity contribution >= 4 is 11.8 Å². The Morgan fingerprint density at radius 1 is 1.08 bits per heavy atom. The van der Waals surface area contributed by atoms with E-state index in [1.807, 2.05) is 43.0 Å². The number of nitrogens with one attached hydrogen (secondary N) is 1. The zero-order valence-electron chi connectivity index (χ0n) is 21.6. The molecule has 2 aromatic rings. The van der Waals surface area contributed by atoms with E-state index in [2.05, 4.69) is 10.2 Å². The summed E-state index contributed by atoms with van der Waals surface area (Å²) in [5.74, 6) is 0.369. The highest BCUT2D eigenvalue weighted by Crippen LogP contribution is 2.38. The molecule has 2 aromatic carbocycles. The topological polar surface area (TPSA) is 61.9 Å². The van der Waals surface area contributed by atoms with Crippen LogP contribution in [0.3, 0.4) is 0 Å². The van der Waals surface area contributed by atoms with Gasteiger partial charge in [0.15, 0.2) is 6.10 Å². The third-order valence-corrected chi connectivity index (χ3v) is 7.02.